The molecule has 8 atom stereocenters. The quantitative estimate of drug-likeness (QED) is 0.531. The molecule has 2 saturated heterocycles. The minimum absolute atomic E-state index is 0.0960. The van der Waals surface area contributed by atoms with E-state index < -0.39 is 23.8 Å². The molecule has 3 rings (SSSR count). The van der Waals surface area contributed by atoms with Gasteiger partial charge in [-0.3, -0.25) is 14.4 Å². The molecule has 0 radical (unpaired) electrons. The molecular formula is C20H30O6. The predicted octanol–water partition coefficient (Wildman–Crippen LogP) is 2.73. The van der Waals surface area contributed by atoms with Crippen LogP contribution in [0, 0.1) is 35.5 Å². The molecule has 1 saturated carbocycles. The van der Waals surface area contributed by atoms with Crippen LogP contribution in [0.5, 0.6) is 0 Å². The van der Waals surface area contributed by atoms with Crippen LogP contribution in [-0.2, 0) is 28.6 Å². The zero-order valence-corrected chi connectivity index (χ0v) is 16.1. The number of esters is 3. The Morgan fingerprint density at radius 1 is 1.04 bits per heavy atom. The van der Waals surface area contributed by atoms with Gasteiger partial charge in [0, 0.05) is 0 Å². The summed E-state index contributed by atoms with van der Waals surface area (Å²) in [6.07, 6.45) is 3.66. The topological polar surface area (TPSA) is 78.9 Å². The summed E-state index contributed by atoms with van der Waals surface area (Å²) in [4.78, 5) is 36.4. The fourth-order valence-electron chi connectivity index (χ4n) is 5.52. The molecule has 26 heavy (non-hydrogen) atoms. The van der Waals surface area contributed by atoms with E-state index in [0.29, 0.717) is 24.7 Å². The minimum Gasteiger partial charge on any atom is -0.469 e. The Hall–Kier alpha value is -1.43. The summed E-state index contributed by atoms with van der Waals surface area (Å²) in [6, 6.07) is 0. The molecule has 0 aromatic rings. The number of ether oxygens (including phenoxy) is 3. The largest absolute Gasteiger partial charge is 0.469 e. The highest BCUT2D eigenvalue weighted by molar-refractivity contribution is 5.97. The summed E-state index contributed by atoms with van der Waals surface area (Å²) in [5, 5.41) is 0. The summed E-state index contributed by atoms with van der Waals surface area (Å²) >= 11 is 0. The molecule has 0 aromatic carbocycles. The Kier molecular flexibility index (Phi) is 5.70. The van der Waals surface area contributed by atoms with Crippen LogP contribution < -0.4 is 0 Å². The molecule has 8 unspecified atom stereocenters. The number of hydrogen-bond acceptors (Lipinski definition) is 6. The van der Waals surface area contributed by atoms with E-state index in [0.717, 1.165) is 19.3 Å². The van der Waals surface area contributed by atoms with Crippen LogP contribution in [0.1, 0.15) is 52.9 Å². The average molecular weight is 366 g/mol. The number of rotatable bonds is 6. The number of methoxy groups -OCH3 is 1. The van der Waals surface area contributed by atoms with Crippen molar-refractivity contribution in [2.75, 3.05) is 7.11 Å². The summed E-state index contributed by atoms with van der Waals surface area (Å²) < 4.78 is 15.9. The van der Waals surface area contributed by atoms with Gasteiger partial charge in [-0.1, -0.05) is 27.2 Å². The Balaban J connectivity index is 1.68. The van der Waals surface area contributed by atoms with Gasteiger partial charge in [0.2, 0.25) is 0 Å². The molecule has 6 nitrogen and oxygen atoms in total. The lowest BCUT2D eigenvalue weighted by atomic mass is 9.83. The normalized spacial score (nSPS) is 42.0. The second-order valence-corrected chi connectivity index (χ2v) is 8.06. The van der Waals surface area contributed by atoms with E-state index in [4.69, 9.17) is 14.2 Å². The Bertz CT molecular complexity index is 573. The van der Waals surface area contributed by atoms with E-state index in [1.165, 1.54) is 7.11 Å². The van der Waals surface area contributed by atoms with Crippen LogP contribution in [0.25, 0.3) is 0 Å². The SMILES string of the molecule is CCC1CC(CCC2OC(CC)C3C(=O)OC(=O)C23)C(C(=O)OC)C1C. The number of cyclic esters (lactones) is 2. The summed E-state index contributed by atoms with van der Waals surface area (Å²) in [7, 11) is 1.45. The Morgan fingerprint density at radius 3 is 2.27 bits per heavy atom. The van der Waals surface area contributed by atoms with Gasteiger partial charge in [-0.15, -0.1) is 0 Å². The highest BCUT2D eigenvalue weighted by Crippen LogP contribution is 2.48. The molecule has 1 aliphatic carbocycles. The standard InChI is InChI=1S/C20H30O6/c1-5-11-9-12(15(10(11)3)18(21)24-4)7-8-14-17-16(13(6-2)25-14)19(22)26-20(17)23/h10-17H,5-9H2,1-4H3. The number of carbonyl (C=O) groups is 3. The van der Waals surface area contributed by atoms with Crippen molar-refractivity contribution in [3.8, 4) is 0 Å². The lowest BCUT2D eigenvalue weighted by Gasteiger charge is -2.23. The molecule has 146 valence electrons. The smallest absolute Gasteiger partial charge is 0.320 e. The van der Waals surface area contributed by atoms with Gasteiger partial charge in [0.05, 0.1) is 37.1 Å². The molecule has 0 aromatic heterocycles. The van der Waals surface area contributed by atoms with Crippen LogP contribution in [-0.4, -0.2) is 37.2 Å². The summed E-state index contributed by atoms with van der Waals surface area (Å²) in [5.74, 6) is -1.01. The van der Waals surface area contributed by atoms with Crippen LogP contribution in [0.2, 0.25) is 0 Å². The van der Waals surface area contributed by atoms with Gasteiger partial charge in [0.25, 0.3) is 0 Å². The van der Waals surface area contributed by atoms with E-state index in [2.05, 4.69) is 13.8 Å². The number of carbonyl (C=O) groups excluding carboxylic acids is 3. The van der Waals surface area contributed by atoms with E-state index in [1.807, 2.05) is 6.92 Å². The third kappa shape index (κ3) is 3.17. The van der Waals surface area contributed by atoms with E-state index in [9.17, 15) is 14.4 Å². The van der Waals surface area contributed by atoms with Crippen LogP contribution in [0.15, 0.2) is 0 Å². The van der Waals surface area contributed by atoms with Crippen LogP contribution >= 0.6 is 0 Å². The van der Waals surface area contributed by atoms with E-state index >= 15 is 0 Å². The monoisotopic (exact) mass is 366 g/mol. The first-order valence-corrected chi connectivity index (χ1v) is 9.91. The molecule has 6 heteroatoms. The highest BCUT2D eigenvalue weighted by Gasteiger charge is 2.58. The molecule has 2 aliphatic heterocycles. The van der Waals surface area contributed by atoms with Gasteiger partial charge < -0.3 is 14.2 Å². The fraction of sp³-hybridized carbons (Fsp3) is 0.850. The van der Waals surface area contributed by atoms with Crippen molar-refractivity contribution >= 4 is 17.9 Å². The first-order valence-electron chi connectivity index (χ1n) is 9.91. The van der Waals surface area contributed by atoms with Gasteiger partial charge in [-0.2, -0.15) is 0 Å². The van der Waals surface area contributed by atoms with Crippen LogP contribution in [0.4, 0.5) is 0 Å². The lowest BCUT2D eigenvalue weighted by molar-refractivity contribution is -0.158. The first-order chi connectivity index (χ1) is 12.4. The third-order valence-electron chi connectivity index (χ3n) is 6.93. The molecule has 0 bridgehead atoms. The maximum atomic E-state index is 12.3. The zero-order valence-electron chi connectivity index (χ0n) is 16.1. The van der Waals surface area contributed by atoms with Crippen molar-refractivity contribution in [3.63, 3.8) is 0 Å². The maximum absolute atomic E-state index is 12.3. The average Bonchev–Trinajstić information content (AvgIpc) is 3.25. The second-order valence-electron chi connectivity index (χ2n) is 8.06. The van der Waals surface area contributed by atoms with Gasteiger partial charge in [0.15, 0.2) is 0 Å². The molecule has 3 fully saturated rings. The lowest BCUT2D eigenvalue weighted by Crippen LogP contribution is -2.28. The minimum atomic E-state index is -0.482. The summed E-state index contributed by atoms with van der Waals surface area (Å²) in [6.45, 7) is 6.25. The third-order valence-corrected chi connectivity index (χ3v) is 6.93. The predicted molar refractivity (Wildman–Crippen MR) is 92.8 cm³/mol. The van der Waals surface area contributed by atoms with Crippen molar-refractivity contribution in [3.05, 3.63) is 0 Å². The number of fused-ring (bicyclic) bond motifs is 1. The van der Waals surface area contributed by atoms with Gasteiger partial charge >= 0.3 is 17.9 Å². The van der Waals surface area contributed by atoms with E-state index in [1.54, 1.807) is 0 Å². The molecule has 0 amide bonds. The molecule has 3 aliphatic rings. The van der Waals surface area contributed by atoms with Crippen molar-refractivity contribution in [2.24, 2.45) is 35.5 Å². The molecular weight excluding hydrogens is 336 g/mol. The maximum Gasteiger partial charge on any atom is 0.320 e. The van der Waals surface area contributed by atoms with Crippen molar-refractivity contribution in [1.29, 1.82) is 0 Å². The zero-order chi connectivity index (χ0) is 19.0. The molecule has 2 heterocycles. The highest BCUT2D eigenvalue weighted by atomic mass is 16.6. The van der Waals surface area contributed by atoms with Crippen LogP contribution in [0.3, 0.4) is 0 Å². The summed E-state index contributed by atoms with van der Waals surface area (Å²) in [5.41, 5.74) is 0. The first kappa shape index (κ1) is 19.3. The molecule has 0 spiro atoms. The second kappa shape index (κ2) is 7.67. The van der Waals surface area contributed by atoms with E-state index in [-0.39, 0.29) is 30.0 Å². The van der Waals surface area contributed by atoms with Gasteiger partial charge in [-0.05, 0) is 43.4 Å². The Morgan fingerprint density at radius 2 is 1.69 bits per heavy atom. The Labute approximate surface area is 154 Å². The van der Waals surface area contributed by atoms with Gasteiger partial charge in [0.1, 0.15) is 0 Å². The van der Waals surface area contributed by atoms with Gasteiger partial charge in [-0.25, -0.2) is 0 Å². The number of hydrogen-bond donors (Lipinski definition) is 0. The van der Waals surface area contributed by atoms with Crippen molar-refractivity contribution < 1.29 is 28.6 Å². The van der Waals surface area contributed by atoms with Crippen molar-refractivity contribution in [1.82, 2.24) is 0 Å². The molecule has 0 N–H and O–H groups in total. The van der Waals surface area contributed by atoms with Crippen molar-refractivity contribution in [2.45, 2.75) is 65.1 Å². The fourth-order valence-corrected chi connectivity index (χ4v) is 5.52.